The van der Waals surface area contributed by atoms with Crippen LogP contribution in [0, 0.1) is 10.1 Å². The SMILES string of the molecule is CCC(CC)(Nc1cc(Cl)c(C(F)(F)F)cc1[N+](=O)[O-])P(=O)(O)O. The number of rotatable bonds is 6. The summed E-state index contributed by atoms with van der Waals surface area (Å²) in [4.78, 5) is 29.1. The highest BCUT2D eigenvalue weighted by Gasteiger charge is 2.45. The summed E-state index contributed by atoms with van der Waals surface area (Å²) in [5.41, 5.74) is -2.88. The molecule has 0 unspecified atom stereocenters. The monoisotopic (exact) mass is 390 g/mol. The van der Waals surface area contributed by atoms with Crippen LogP contribution >= 0.6 is 19.2 Å². The van der Waals surface area contributed by atoms with E-state index < -0.39 is 45.9 Å². The fourth-order valence-corrected chi connectivity index (χ4v) is 3.55. The van der Waals surface area contributed by atoms with Gasteiger partial charge in [0.25, 0.3) is 5.69 Å². The van der Waals surface area contributed by atoms with Gasteiger partial charge in [-0.1, -0.05) is 25.4 Å². The third-order valence-corrected chi connectivity index (χ3v) is 5.85. The van der Waals surface area contributed by atoms with Gasteiger partial charge in [-0.2, -0.15) is 13.2 Å². The number of hydrogen-bond donors (Lipinski definition) is 3. The molecule has 0 fully saturated rings. The van der Waals surface area contributed by atoms with Crippen molar-refractivity contribution in [3.8, 4) is 0 Å². The van der Waals surface area contributed by atoms with Gasteiger partial charge in [-0.3, -0.25) is 14.7 Å². The molecule has 0 bridgehead atoms. The molecular formula is C12H15ClF3N2O5P. The van der Waals surface area contributed by atoms with Crippen LogP contribution in [-0.4, -0.2) is 20.0 Å². The predicted molar refractivity (Wildman–Crippen MR) is 82.1 cm³/mol. The van der Waals surface area contributed by atoms with Crippen LogP contribution in [-0.2, 0) is 10.7 Å². The number of nitrogens with one attached hydrogen (secondary N) is 1. The standard InChI is InChI=1S/C12H15ClF3N2O5P/c1-3-11(4-2,24(21,22)23)17-9-6-8(13)7(12(14,15)16)5-10(9)18(19)20/h5-6,17H,3-4H2,1-2H3,(H2,21,22,23). The van der Waals surface area contributed by atoms with Gasteiger partial charge in [0, 0.05) is 6.07 Å². The van der Waals surface area contributed by atoms with Crippen LogP contribution < -0.4 is 5.32 Å². The fraction of sp³-hybridized carbons (Fsp3) is 0.500. The van der Waals surface area contributed by atoms with E-state index in [9.17, 15) is 37.6 Å². The Bertz CT molecular complexity index is 688. The van der Waals surface area contributed by atoms with E-state index in [0.717, 1.165) is 0 Å². The van der Waals surface area contributed by atoms with Crippen molar-refractivity contribution in [3.63, 3.8) is 0 Å². The van der Waals surface area contributed by atoms with E-state index in [-0.39, 0.29) is 18.9 Å². The van der Waals surface area contributed by atoms with Crippen molar-refractivity contribution < 1.29 is 32.4 Å². The first-order valence-corrected chi connectivity index (χ1v) is 8.67. The first kappa shape index (κ1) is 20.7. The van der Waals surface area contributed by atoms with Crippen molar-refractivity contribution >= 4 is 30.6 Å². The summed E-state index contributed by atoms with van der Waals surface area (Å²) in [6, 6.07) is 0.888. The zero-order chi connectivity index (χ0) is 18.9. The minimum Gasteiger partial charge on any atom is -0.363 e. The minimum atomic E-state index is -4.91. The van der Waals surface area contributed by atoms with Gasteiger partial charge in [0.15, 0.2) is 0 Å². The van der Waals surface area contributed by atoms with Crippen molar-refractivity contribution in [3.05, 3.63) is 32.8 Å². The third-order valence-electron chi connectivity index (χ3n) is 3.68. The molecule has 1 aromatic carbocycles. The van der Waals surface area contributed by atoms with Crippen molar-refractivity contribution in [2.75, 3.05) is 5.32 Å². The Hall–Kier alpha value is -1.35. The molecule has 12 heteroatoms. The summed E-state index contributed by atoms with van der Waals surface area (Å²) in [5, 5.41) is 10.8. The van der Waals surface area contributed by atoms with E-state index in [0.29, 0.717) is 6.07 Å². The van der Waals surface area contributed by atoms with E-state index in [2.05, 4.69) is 5.32 Å². The number of alkyl halides is 3. The van der Waals surface area contributed by atoms with Crippen molar-refractivity contribution in [1.82, 2.24) is 0 Å². The van der Waals surface area contributed by atoms with Gasteiger partial charge in [0.05, 0.1) is 15.5 Å². The maximum atomic E-state index is 12.8. The maximum absolute atomic E-state index is 12.8. The van der Waals surface area contributed by atoms with Crippen LogP contribution in [0.5, 0.6) is 0 Å². The van der Waals surface area contributed by atoms with Crippen LogP contribution in [0.4, 0.5) is 24.5 Å². The molecule has 0 atom stereocenters. The predicted octanol–water partition coefficient (Wildman–Crippen LogP) is 4.37. The van der Waals surface area contributed by atoms with Crippen molar-refractivity contribution in [2.45, 2.75) is 38.1 Å². The molecule has 0 saturated heterocycles. The second-order valence-electron chi connectivity index (χ2n) is 5.01. The normalized spacial score (nSPS) is 13.0. The number of nitro benzene ring substituents is 1. The largest absolute Gasteiger partial charge is 0.418 e. The van der Waals surface area contributed by atoms with Crippen LogP contribution in [0.2, 0.25) is 5.02 Å². The molecule has 0 aliphatic heterocycles. The molecule has 0 amide bonds. The molecule has 24 heavy (non-hydrogen) atoms. The van der Waals surface area contributed by atoms with Crippen LogP contribution in [0.15, 0.2) is 12.1 Å². The molecule has 0 saturated carbocycles. The summed E-state index contributed by atoms with van der Waals surface area (Å²) in [7, 11) is -4.78. The van der Waals surface area contributed by atoms with E-state index in [1.807, 2.05) is 0 Å². The van der Waals surface area contributed by atoms with Gasteiger partial charge >= 0.3 is 13.8 Å². The molecule has 3 N–H and O–H groups in total. The molecule has 1 rings (SSSR count). The zero-order valence-electron chi connectivity index (χ0n) is 12.6. The molecule has 0 heterocycles. The van der Waals surface area contributed by atoms with Gasteiger partial charge in [-0.15, -0.1) is 0 Å². The highest BCUT2D eigenvalue weighted by atomic mass is 35.5. The second-order valence-corrected chi connectivity index (χ2v) is 7.36. The first-order chi connectivity index (χ1) is 10.8. The Kier molecular flexibility index (Phi) is 5.93. The Morgan fingerprint density at radius 2 is 1.79 bits per heavy atom. The number of nitro groups is 1. The zero-order valence-corrected chi connectivity index (χ0v) is 14.2. The van der Waals surface area contributed by atoms with Crippen LogP contribution in [0.25, 0.3) is 0 Å². The molecular weight excluding hydrogens is 376 g/mol. The number of hydrogen-bond acceptors (Lipinski definition) is 4. The summed E-state index contributed by atoms with van der Waals surface area (Å²) in [6.07, 6.45) is -5.15. The fourth-order valence-electron chi connectivity index (χ4n) is 2.19. The smallest absolute Gasteiger partial charge is 0.363 e. The van der Waals surface area contributed by atoms with E-state index in [1.54, 1.807) is 0 Å². The number of halogens is 4. The van der Waals surface area contributed by atoms with Gasteiger partial charge in [-0.25, -0.2) is 0 Å². The quantitative estimate of drug-likeness (QED) is 0.377. The van der Waals surface area contributed by atoms with E-state index in [4.69, 9.17) is 11.6 Å². The van der Waals surface area contributed by atoms with Crippen molar-refractivity contribution in [2.24, 2.45) is 0 Å². The lowest BCUT2D eigenvalue weighted by Crippen LogP contribution is -2.37. The molecule has 136 valence electrons. The Labute approximate surface area is 140 Å². The van der Waals surface area contributed by atoms with Gasteiger partial charge < -0.3 is 15.1 Å². The van der Waals surface area contributed by atoms with Crippen LogP contribution in [0.1, 0.15) is 32.3 Å². The van der Waals surface area contributed by atoms with Gasteiger partial charge in [0.1, 0.15) is 11.0 Å². The first-order valence-electron chi connectivity index (χ1n) is 6.68. The summed E-state index contributed by atoms with van der Waals surface area (Å²) in [5.74, 6) is 0. The van der Waals surface area contributed by atoms with Crippen LogP contribution in [0.3, 0.4) is 0 Å². The summed E-state index contributed by atoms with van der Waals surface area (Å²) < 4.78 is 50.3. The lowest BCUT2D eigenvalue weighted by molar-refractivity contribution is -0.384. The lowest BCUT2D eigenvalue weighted by atomic mass is 10.1. The number of benzene rings is 1. The minimum absolute atomic E-state index is 0.121. The summed E-state index contributed by atoms with van der Waals surface area (Å²) >= 11 is 5.54. The highest BCUT2D eigenvalue weighted by Crippen LogP contribution is 2.55. The molecule has 0 radical (unpaired) electrons. The molecule has 7 nitrogen and oxygen atoms in total. The summed E-state index contributed by atoms with van der Waals surface area (Å²) in [6.45, 7) is 2.88. The Morgan fingerprint density at radius 3 is 2.12 bits per heavy atom. The third kappa shape index (κ3) is 4.00. The number of anilines is 1. The molecule has 0 aliphatic rings. The highest BCUT2D eigenvalue weighted by molar-refractivity contribution is 7.53. The molecule has 0 spiro atoms. The van der Waals surface area contributed by atoms with Gasteiger partial charge in [0.2, 0.25) is 0 Å². The second kappa shape index (κ2) is 6.87. The molecule has 1 aromatic rings. The van der Waals surface area contributed by atoms with Crippen molar-refractivity contribution in [1.29, 1.82) is 0 Å². The Balaban J connectivity index is 3.57. The average Bonchev–Trinajstić information content (AvgIpc) is 2.41. The van der Waals surface area contributed by atoms with E-state index >= 15 is 0 Å². The Morgan fingerprint density at radius 1 is 1.29 bits per heavy atom. The average molecular weight is 391 g/mol. The lowest BCUT2D eigenvalue weighted by Gasteiger charge is -2.34. The molecule has 0 aromatic heterocycles. The molecule has 0 aliphatic carbocycles. The van der Waals surface area contributed by atoms with E-state index in [1.165, 1.54) is 13.8 Å². The number of nitrogens with zero attached hydrogens (tertiary/aromatic N) is 1. The topological polar surface area (TPSA) is 113 Å². The maximum Gasteiger partial charge on any atom is 0.418 e. The van der Waals surface area contributed by atoms with Gasteiger partial charge in [-0.05, 0) is 18.9 Å².